The van der Waals surface area contributed by atoms with Crippen molar-refractivity contribution in [3.8, 4) is 11.1 Å². The van der Waals surface area contributed by atoms with Crippen LogP contribution in [-0.2, 0) is 22.3 Å². The molecule has 0 saturated carbocycles. The second-order valence-corrected chi connectivity index (χ2v) is 9.10. The zero-order valence-corrected chi connectivity index (χ0v) is 19.6. The summed E-state index contributed by atoms with van der Waals surface area (Å²) in [5.74, 6) is 0.138. The summed E-state index contributed by atoms with van der Waals surface area (Å²) in [6.45, 7) is 9.90. The summed E-state index contributed by atoms with van der Waals surface area (Å²) in [6, 6.07) is 11.0. The molecule has 0 saturated heterocycles. The minimum Gasteiger partial charge on any atom is -0.469 e. The van der Waals surface area contributed by atoms with E-state index in [1.165, 1.54) is 19.2 Å². The summed E-state index contributed by atoms with van der Waals surface area (Å²) in [5.41, 5.74) is 2.59. The third-order valence-electron chi connectivity index (χ3n) is 5.38. The van der Waals surface area contributed by atoms with Gasteiger partial charge in [-0.2, -0.15) is 13.2 Å². The van der Waals surface area contributed by atoms with Crippen LogP contribution >= 0.6 is 0 Å². The fourth-order valence-corrected chi connectivity index (χ4v) is 3.65. The summed E-state index contributed by atoms with van der Waals surface area (Å²) in [4.78, 5) is 12.5. The van der Waals surface area contributed by atoms with Gasteiger partial charge in [0.15, 0.2) is 0 Å². The van der Waals surface area contributed by atoms with Crippen molar-refractivity contribution in [3.05, 3.63) is 59.2 Å². The molecule has 0 bridgehead atoms. The topological polar surface area (TPSA) is 38.3 Å². The van der Waals surface area contributed by atoms with Crippen LogP contribution in [0.1, 0.15) is 63.1 Å². The van der Waals surface area contributed by atoms with E-state index in [4.69, 9.17) is 4.74 Å². The van der Waals surface area contributed by atoms with Crippen molar-refractivity contribution in [1.29, 1.82) is 0 Å². The molecular weight excluding hydrogens is 415 g/mol. The molecule has 32 heavy (non-hydrogen) atoms. The van der Waals surface area contributed by atoms with Gasteiger partial charge in [-0.15, -0.1) is 0 Å². The molecule has 0 heterocycles. The van der Waals surface area contributed by atoms with Crippen molar-refractivity contribution in [2.24, 2.45) is 11.8 Å². The van der Waals surface area contributed by atoms with Gasteiger partial charge >= 0.3 is 12.1 Å². The van der Waals surface area contributed by atoms with Gasteiger partial charge < -0.3 is 10.1 Å². The molecule has 176 valence electrons. The van der Waals surface area contributed by atoms with Crippen LogP contribution in [0.4, 0.5) is 13.2 Å². The third kappa shape index (κ3) is 7.66. The van der Waals surface area contributed by atoms with E-state index >= 15 is 0 Å². The SMILES string of the molecule is COC(=O)C(CC(C)C)c1cc(CNCCC(C)C)cc(-c2ccc(C(F)(F)F)cc2)c1. The van der Waals surface area contributed by atoms with Crippen LogP contribution in [0.5, 0.6) is 0 Å². The van der Waals surface area contributed by atoms with Crippen molar-refractivity contribution < 1.29 is 22.7 Å². The quantitative estimate of drug-likeness (QED) is 0.320. The number of alkyl halides is 3. The van der Waals surface area contributed by atoms with Crippen LogP contribution in [0.2, 0.25) is 0 Å². The highest BCUT2D eigenvalue weighted by Gasteiger charge is 2.30. The molecule has 0 aliphatic heterocycles. The molecule has 0 spiro atoms. The first-order valence-corrected chi connectivity index (χ1v) is 11.1. The molecule has 1 atom stereocenters. The number of nitrogens with one attached hydrogen (secondary N) is 1. The van der Waals surface area contributed by atoms with E-state index in [0.29, 0.717) is 24.4 Å². The maximum atomic E-state index is 13.0. The Morgan fingerprint density at radius 2 is 1.62 bits per heavy atom. The first-order chi connectivity index (χ1) is 15.0. The van der Waals surface area contributed by atoms with Gasteiger partial charge in [-0.05, 0) is 71.7 Å². The normalized spacial score (nSPS) is 12.9. The monoisotopic (exact) mass is 449 g/mol. The van der Waals surface area contributed by atoms with Gasteiger partial charge in [0.25, 0.3) is 0 Å². The number of halogens is 3. The third-order valence-corrected chi connectivity index (χ3v) is 5.38. The molecule has 2 rings (SSSR count). The number of rotatable bonds is 10. The number of hydrogen-bond donors (Lipinski definition) is 1. The number of benzene rings is 2. The van der Waals surface area contributed by atoms with E-state index in [9.17, 15) is 18.0 Å². The van der Waals surface area contributed by atoms with E-state index in [2.05, 4.69) is 19.2 Å². The fourth-order valence-electron chi connectivity index (χ4n) is 3.65. The standard InChI is InChI=1S/C26H34F3NO2/c1-17(2)10-11-30-16-19-13-21(20-6-8-23(9-7-20)26(27,28)29)15-22(14-19)24(12-18(3)4)25(31)32-5/h6-9,13-15,17-18,24,30H,10-12,16H2,1-5H3. The first-order valence-electron chi connectivity index (χ1n) is 11.1. The van der Waals surface area contributed by atoms with E-state index in [-0.39, 0.29) is 11.9 Å². The smallest absolute Gasteiger partial charge is 0.416 e. The average Bonchev–Trinajstić information content (AvgIpc) is 2.73. The zero-order chi connectivity index (χ0) is 23.9. The largest absolute Gasteiger partial charge is 0.469 e. The van der Waals surface area contributed by atoms with E-state index in [0.717, 1.165) is 41.8 Å². The molecule has 3 nitrogen and oxygen atoms in total. The van der Waals surface area contributed by atoms with Gasteiger partial charge in [-0.3, -0.25) is 4.79 Å². The lowest BCUT2D eigenvalue weighted by molar-refractivity contribution is -0.143. The fraction of sp³-hybridized carbons (Fsp3) is 0.500. The van der Waals surface area contributed by atoms with Crippen molar-refractivity contribution in [3.63, 3.8) is 0 Å². The lowest BCUT2D eigenvalue weighted by atomic mass is 9.87. The van der Waals surface area contributed by atoms with Crippen LogP contribution in [0.25, 0.3) is 11.1 Å². The minimum atomic E-state index is -4.38. The Morgan fingerprint density at radius 1 is 0.969 bits per heavy atom. The molecule has 0 radical (unpaired) electrons. The predicted octanol–water partition coefficient (Wildman–Crippen LogP) is 6.81. The minimum absolute atomic E-state index is 0.279. The first kappa shape index (κ1) is 25.9. The Morgan fingerprint density at radius 3 is 2.16 bits per heavy atom. The summed E-state index contributed by atoms with van der Waals surface area (Å²) in [6.07, 6.45) is -2.70. The van der Waals surface area contributed by atoms with Crippen LogP contribution < -0.4 is 5.32 Å². The van der Waals surface area contributed by atoms with Gasteiger partial charge in [-0.1, -0.05) is 52.0 Å². The Labute approximate surface area is 189 Å². The zero-order valence-electron chi connectivity index (χ0n) is 19.6. The van der Waals surface area contributed by atoms with Crippen molar-refractivity contribution in [2.45, 2.75) is 59.2 Å². The van der Waals surface area contributed by atoms with E-state index in [1.807, 2.05) is 32.0 Å². The van der Waals surface area contributed by atoms with Gasteiger partial charge in [0.2, 0.25) is 0 Å². The molecule has 0 aliphatic rings. The molecular formula is C26H34F3NO2. The second kappa shape index (κ2) is 11.5. The Kier molecular flexibility index (Phi) is 9.32. The number of hydrogen-bond acceptors (Lipinski definition) is 3. The van der Waals surface area contributed by atoms with E-state index < -0.39 is 17.7 Å². The van der Waals surface area contributed by atoms with Crippen molar-refractivity contribution in [1.82, 2.24) is 5.32 Å². The predicted molar refractivity (Wildman–Crippen MR) is 122 cm³/mol. The van der Waals surface area contributed by atoms with Gasteiger partial charge in [-0.25, -0.2) is 0 Å². The number of carbonyl (C=O) groups excluding carboxylic acids is 1. The van der Waals surface area contributed by atoms with Crippen molar-refractivity contribution >= 4 is 5.97 Å². The molecule has 1 unspecified atom stereocenters. The number of esters is 1. The summed E-state index contributed by atoms with van der Waals surface area (Å²) >= 11 is 0. The highest BCUT2D eigenvalue weighted by molar-refractivity contribution is 5.79. The molecule has 2 aromatic rings. The molecule has 0 amide bonds. The van der Waals surface area contributed by atoms with E-state index in [1.54, 1.807) is 0 Å². The van der Waals surface area contributed by atoms with Crippen LogP contribution in [0.15, 0.2) is 42.5 Å². The number of ether oxygens (including phenoxy) is 1. The van der Waals surface area contributed by atoms with Gasteiger partial charge in [0.05, 0.1) is 18.6 Å². The molecule has 2 aromatic carbocycles. The lowest BCUT2D eigenvalue weighted by Gasteiger charge is -2.20. The highest BCUT2D eigenvalue weighted by Crippen LogP contribution is 2.33. The second-order valence-electron chi connectivity index (χ2n) is 9.10. The summed E-state index contributed by atoms with van der Waals surface area (Å²) in [5, 5.41) is 3.43. The summed E-state index contributed by atoms with van der Waals surface area (Å²) in [7, 11) is 1.38. The van der Waals surface area contributed by atoms with Crippen LogP contribution in [0.3, 0.4) is 0 Å². The highest BCUT2D eigenvalue weighted by atomic mass is 19.4. The number of carbonyl (C=O) groups is 1. The Balaban J connectivity index is 2.44. The maximum absolute atomic E-state index is 13.0. The average molecular weight is 450 g/mol. The van der Waals surface area contributed by atoms with Crippen LogP contribution in [0, 0.1) is 11.8 Å². The Bertz CT molecular complexity index is 874. The molecule has 0 aromatic heterocycles. The van der Waals surface area contributed by atoms with Gasteiger partial charge in [0, 0.05) is 6.54 Å². The molecule has 6 heteroatoms. The molecule has 1 N–H and O–H groups in total. The molecule has 0 aliphatic carbocycles. The molecule has 0 fully saturated rings. The Hall–Kier alpha value is -2.34. The maximum Gasteiger partial charge on any atom is 0.416 e. The van der Waals surface area contributed by atoms with Crippen LogP contribution in [-0.4, -0.2) is 19.6 Å². The number of methoxy groups -OCH3 is 1. The van der Waals surface area contributed by atoms with Gasteiger partial charge in [0.1, 0.15) is 0 Å². The lowest BCUT2D eigenvalue weighted by Crippen LogP contribution is -2.19. The summed E-state index contributed by atoms with van der Waals surface area (Å²) < 4.78 is 44.0. The van der Waals surface area contributed by atoms with Crippen molar-refractivity contribution in [2.75, 3.05) is 13.7 Å².